The van der Waals surface area contributed by atoms with Crippen molar-refractivity contribution in [3.63, 3.8) is 0 Å². The van der Waals surface area contributed by atoms with Crippen molar-refractivity contribution in [1.29, 1.82) is 0 Å². The van der Waals surface area contributed by atoms with Crippen LogP contribution >= 0.6 is 15.9 Å². The molecule has 0 saturated heterocycles. The smallest absolute Gasteiger partial charge is 0.0693 e. The van der Waals surface area contributed by atoms with E-state index in [2.05, 4.69) is 22.0 Å². The van der Waals surface area contributed by atoms with Crippen molar-refractivity contribution in [2.24, 2.45) is 0 Å². The topological polar surface area (TPSA) is 20.2 Å². The molecule has 0 aliphatic rings. The molecule has 0 fully saturated rings. The minimum atomic E-state index is 0.0674. The highest BCUT2D eigenvalue weighted by molar-refractivity contribution is 9.10. The van der Waals surface area contributed by atoms with Gasteiger partial charge in [0.25, 0.3) is 0 Å². The normalized spacial score (nSPS) is 9.56. The largest absolute Gasteiger partial charge is 0.392 e. The SMILES string of the molecule is OCc1ccc[c]c1Br. The van der Waals surface area contributed by atoms with Gasteiger partial charge in [-0.25, -0.2) is 0 Å². The van der Waals surface area contributed by atoms with Crippen molar-refractivity contribution in [2.75, 3.05) is 0 Å². The number of hydrogen-bond acceptors (Lipinski definition) is 1. The van der Waals surface area contributed by atoms with Crippen LogP contribution in [0.15, 0.2) is 22.7 Å². The molecule has 0 atom stereocenters. The van der Waals surface area contributed by atoms with Crippen LogP contribution < -0.4 is 0 Å². The highest BCUT2D eigenvalue weighted by atomic mass is 79.9. The Morgan fingerprint density at radius 2 is 2.44 bits per heavy atom. The lowest BCUT2D eigenvalue weighted by atomic mass is 10.2. The fourth-order valence-corrected chi connectivity index (χ4v) is 0.963. The van der Waals surface area contributed by atoms with Crippen LogP contribution in [0.5, 0.6) is 0 Å². The van der Waals surface area contributed by atoms with Crippen molar-refractivity contribution in [2.45, 2.75) is 6.61 Å². The summed E-state index contributed by atoms with van der Waals surface area (Å²) in [4.78, 5) is 0. The van der Waals surface area contributed by atoms with E-state index < -0.39 is 0 Å². The predicted octanol–water partition coefficient (Wildman–Crippen LogP) is 1.74. The third kappa shape index (κ3) is 1.53. The van der Waals surface area contributed by atoms with E-state index in [0.29, 0.717) is 0 Å². The zero-order valence-electron chi connectivity index (χ0n) is 4.76. The zero-order chi connectivity index (χ0) is 6.69. The molecular formula is C7H6BrO. The molecular weight excluding hydrogens is 180 g/mol. The van der Waals surface area contributed by atoms with E-state index in [4.69, 9.17) is 5.11 Å². The predicted molar refractivity (Wildman–Crippen MR) is 38.9 cm³/mol. The highest BCUT2D eigenvalue weighted by Gasteiger charge is 1.93. The Kier molecular flexibility index (Phi) is 2.25. The van der Waals surface area contributed by atoms with E-state index in [1.165, 1.54) is 0 Å². The number of aliphatic hydroxyl groups is 1. The van der Waals surface area contributed by atoms with Gasteiger partial charge in [0.15, 0.2) is 0 Å². The Balaban J connectivity index is 3.01. The molecule has 0 aliphatic heterocycles. The third-order valence-electron chi connectivity index (χ3n) is 1.06. The Morgan fingerprint density at radius 1 is 1.67 bits per heavy atom. The van der Waals surface area contributed by atoms with Crippen LogP contribution in [0, 0.1) is 6.07 Å². The second-order valence-corrected chi connectivity index (χ2v) is 2.46. The summed E-state index contributed by atoms with van der Waals surface area (Å²) in [5.41, 5.74) is 0.873. The van der Waals surface area contributed by atoms with Crippen LogP contribution in [0.2, 0.25) is 0 Å². The van der Waals surface area contributed by atoms with Gasteiger partial charge >= 0.3 is 0 Å². The summed E-state index contributed by atoms with van der Waals surface area (Å²) in [5, 5.41) is 8.67. The van der Waals surface area contributed by atoms with Gasteiger partial charge in [-0.2, -0.15) is 0 Å². The molecule has 0 heterocycles. The van der Waals surface area contributed by atoms with Crippen molar-refractivity contribution in [3.8, 4) is 0 Å². The quantitative estimate of drug-likeness (QED) is 0.708. The van der Waals surface area contributed by atoms with Crippen LogP contribution in [0.25, 0.3) is 0 Å². The standard InChI is InChI=1S/C7H6BrO/c8-7-4-2-1-3-6(7)5-9/h1-3,9H,5H2. The second kappa shape index (κ2) is 2.99. The summed E-state index contributed by atoms with van der Waals surface area (Å²) in [5.74, 6) is 0. The van der Waals surface area contributed by atoms with Gasteiger partial charge in [0.2, 0.25) is 0 Å². The van der Waals surface area contributed by atoms with E-state index in [1.807, 2.05) is 12.1 Å². The first-order valence-electron chi connectivity index (χ1n) is 2.60. The first kappa shape index (κ1) is 6.78. The van der Waals surface area contributed by atoms with Crippen LogP contribution in [0.3, 0.4) is 0 Å². The molecule has 0 spiro atoms. The number of rotatable bonds is 1. The lowest BCUT2D eigenvalue weighted by Crippen LogP contribution is -1.82. The molecule has 1 rings (SSSR count). The van der Waals surface area contributed by atoms with E-state index in [-0.39, 0.29) is 6.61 Å². The van der Waals surface area contributed by atoms with Gasteiger partial charge in [0, 0.05) is 4.47 Å². The van der Waals surface area contributed by atoms with Crippen molar-refractivity contribution >= 4 is 15.9 Å². The molecule has 1 aromatic rings. The maximum absolute atomic E-state index is 8.67. The summed E-state index contributed by atoms with van der Waals surface area (Å²) in [6, 6.07) is 8.39. The van der Waals surface area contributed by atoms with E-state index in [1.54, 1.807) is 6.07 Å². The zero-order valence-corrected chi connectivity index (χ0v) is 6.35. The first-order valence-corrected chi connectivity index (χ1v) is 3.40. The number of benzene rings is 1. The Hall–Kier alpha value is -0.340. The lowest BCUT2D eigenvalue weighted by Gasteiger charge is -1.95. The number of halogens is 1. The Bertz CT molecular complexity index is 198. The summed E-state index contributed by atoms with van der Waals surface area (Å²) >= 11 is 3.24. The molecule has 0 bridgehead atoms. The van der Waals surface area contributed by atoms with Gasteiger partial charge < -0.3 is 5.11 Å². The number of aliphatic hydroxyl groups excluding tert-OH is 1. The fraction of sp³-hybridized carbons (Fsp3) is 0.143. The Morgan fingerprint density at radius 3 is 2.89 bits per heavy atom. The highest BCUT2D eigenvalue weighted by Crippen LogP contribution is 2.13. The first-order chi connectivity index (χ1) is 4.34. The van der Waals surface area contributed by atoms with Crippen molar-refractivity contribution in [1.82, 2.24) is 0 Å². The van der Waals surface area contributed by atoms with Gasteiger partial charge in [0.1, 0.15) is 0 Å². The van der Waals surface area contributed by atoms with Gasteiger partial charge in [-0.05, 0) is 27.6 Å². The van der Waals surface area contributed by atoms with E-state index in [0.717, 1.165) is 10.0 Å². The Labute approximate surface area is 62.5 Å². The molecule has 47 valence electrons. The monoisotopic (exact) mass is 185 g/mol. The molecule has 0 saturated carbocycles. The molecule has 1 nitrogen and oxygen atoms in total. The summed E-state index contributed by atoms with van der Waals surface area (Å²) in [6.07, 6.45) is 0. The summed E-state index contributed by atoms with van der Waals surface area (Å²) in [7, 11) is 0. The minimum Gasteiger partial charge on any atom is -0.392 e. The molecule has 1 aromatic carbocycles. The number of hydrogen-bond donors (Lipinski definition) is 1. The van der Waals surface area contributed by atoms with Crippen molar-refractivity contribution < 1.29 is 5.11 Å². The molecule has 1 radical (unpaired) electrons. The minimum absolute atomic E-state index is 0.0674. The molecule has 9 heavy (non-hydrogen) atoms. The molecule has 1 N–H and O–H groups in total. The molecule has 2 heteroatoms. The van der Waals surface area contributed by atoms with Crippen LogP contribution in [0.1, 0.15) is 5.56 Å². The summed E-state index contributed by atoms with van der Waals surface area (Å²) < 4.78 is 0.840. The van der Waals surface area contributed by atoms with E-state index >= 15 is 0 Å². The van der Waals surface area contributed by atoms with E-state index in [9.17, 15) is 0 Å². The average molecular weight is 186 g/mol. The lowest BCUT2D eigenvalue weighted by molar-refractivity contribution is 0.281. The molecule has 0 unspecified atom stereocenters. The fourth-order valence-electron chi connectivity index (χ4n) is 0.574. The van der Waals surface area contributed by atoms with Crippen LogP contribution in [-0.2, 0) is 6.61 Å². The van der Waals surface area contributed by atoms with Gasteiger partial charge in [0.05, 0.1) is 6.61 Å². The van der Waals surface area contributed by atoms with Crippen LogP contribution in [0.4, 0.5) is 0 Å². The van der Waals surface area contributed by atoms with Gasteiger partial charge in [-0.15, -0.1) is 0 Å². The van der Waals surface area contributed by atoms with Gasteiger partial charge in [-0.3, -0.25) is 0 Å². The summed E-state index contributed by atoms with van der Waals surface area (Å²) in [6.45, 7) is 0.0674. The molecule has 0 aliphatic carbocycles. The third-order valence-corrected chi connectivity index (χ3v) is 1.79. The molecule has 0 amide bonds. The van der Waals surface area contributed by atoms with Crippen molar-refractivity contribution in [3.05, 3.63) is 34.3 Å². The van der Waals surface area contributed by atoms with Crippen LogP contribution in [-0.4, -0.2) is 5.11 Å². The maximum atomic E-state index is 8.67. The molecule has 0 aromatic heterocycles. The second-order valence-electron chi connectivity index (χ2n) is 1.67. The maximum Gasteiger partial charge on any atom is 0.0693 e. The van der Waals surface area contributed by atoms with Gasteiger partial charge in [-0.1, -0.05) is 18.2 Å². The average Bonchev–Trinajstić information content (AvgIpc) is 1.89.